The third-order valence-corrected chi connectivity index (χ3v) is 10.5. The van der Waals surface area contributed by atoms with E-state index >= 15 is 0 Å². The second-order valence-electron chi connectivity index (χ2n) is 10.7. The fraction of sp³-hybridized carbons (Fsp3) is 0.172. The minimum atomic E-state index is -5.06. The zero-order valence-corrected chi connectivity index (χ0v) is 33.2. The predicted octanol–water partition coefficient (Wildman–Crippen LogP) is -2.35. The van der Waals surface area contributed by atoms with Crippen LogP contribution in [0.4, 0.5) is 5.69 Å². The normalized spacial score (nSPS) is 14.5. The topological polar surface area (TPSA) is 245 Å². The van der Waals surface area contributed by atoms with Gasteiger partial charge in [-0.25, -0.2) is 0 Å². The standard InChI is InChI=1S/C17H18N3O8S2.C12H7NO2.2K/c1-2-3-8(18)7-19-14-11-6-9(29(23,24)25)4-5-10(11)12-13(15(14)30(26,27)28)17(22)20-16(12)21;14-11-9-6-5-7-3-1-2-4-8(7)10(9)12(15)13-11;;/h4,6,8,19H,2-3,7,18H2,1H3,(H,20,21,22)(H,23,24,25)(H,26,27,28);1-6H,(H,13,14,15);;/q;;;+1/p-1. The van der Waals surface area contributed by atoms with Crippen LogP contribution in [0.25, 0.3) is 21.5 Å². The number of nitrogens with zero attached hydrogens (tertiary/aromatic N) is 1. The van der Waals surface area contributed by atoms with Crippen molar-refractivity contribution in [1.82, 2.24) is 5.32 Å². The molecule has 234 valence electrons. The molecule has 2 heterocycles. The second kappa shape index (κ2) is 14.8. The summed E-state index contributed by atoms with van der Waals surface area (Å²) in [5.74, 6) is -2.72. The molecule has 1 atom stereocenters. The van der Waals surface area contributed by atoms with E-state index < -0.39 is 53.4 Å². The number of hydrogen-bond acceptors (Lipinski definition) is 10. The minimum Gasteiger partial charge on any atom is -0.288 e. The summed E-state index contributed by atoms with van der Waals surface area (Å²) < 4.78 is 67.8. The van der Waals surface area contributed by atoms with Gasteiger partial charge in [-0.15, -0.1) is 0 Å². The van der Waals surface area contributed by atoms with Crippen molar-refractivity contribution >= 4 is 120 Å². The van der Waals surface area contributed by atoms with E-state index in [1.807, 2.05) is 37.3 Å². The second-order valence-corrected chi connectivity index (χ2v) is 15.2. The van der Waals surface area contributed by atoms with Crippen molar-refractivity contribution in [2.75, 3.05) is 11.9 Å². The van der Waals surface area contributed by atoms with E-state index in [4.69, 9.17) is 5.73 Å². The molecule has 0 saturated carbocycles. The maximum absolute atomic E-state index is 12.4. The Bertz CT molecular complexity index is 2260. The summed E-state index contributed by atoms with van der Waals surface area (Å²) in [6.07, 6.45) is 1.32. The Balaban J connectivity index is 0.000000259. The Morgan fingerprint density at radius 2 is 1.64 bits per heavy atom. The van der Waals surface area contributed by atoms with E-state index in [0.717, 1.165) is 29.3 Å². The number of carbonyl (C=O) groups is 3. The largest absolute Gasteiger partial charge is 1.00 e. The Kier molecular flexibility index (Phi) is 12.1. The number of rotatable bonds is 7. The van der Waals surface area contributed by atoms with Crippen molar-refractivity contribution in [3.8, 4) is 0 Å². The number of anilines is 1. The molecule has 0 spiro atoms. The van der Waals surface area contributed by atoms with Gasteiger partial charge in [-0.2, -0.15) is 0 Å². The molecule has 0 fully saturated rings. The molecular formula is C29H24K2N4O10S2. The number of aliphatic imine (C=N–C) groups is 1. The molecule has 0 bridgehead atoms. The number of amides is 3. The van der Waals surface area contributed by atoms with Crippen LogP contribution in [0.5, 0.6) is 0 Å². The number of imide groups is 1. The summed E-state index contributed by atoms with van der Waals surface area (Å²) in [6.45, 7) is 1.92. The molecule has 0 aliphatic carbocycles. The average molecular weight is 731 g/mol. The van der Waals surface area contributed by atoms with Crippen LogP contribution in [0.15, 0.2) is 63.3 Å². The number of fused-ring (bicyclic) bond motifs is 6. The summed E-state index contributed by atoms with van der Waals surface area (Å²) in [6, 6.07) is 12.8. The third-order valence-electron chi connectivity index (χ3n) is 7.55. The van der Waals surface area contributed by atoms with Gasteiger partial charge in [0.05, 0.1) is 11.1 Å². The molecule has 0 radical (unpaired) electrons. The van der Waals surface area contributed by atoms with Crippen molar-refractivity contribution in [2.24, 2.45) is 10.7 Å². The van der Waals surface area contributed by atoms with Crippen LogP contribution in [0.1, 0.15) is 56.4 Å². The molecule has 18 heteroatoms. The fourth-order valence-electron chi connectivity index (χ4n) is 5.62. The van der Waals surface area contributed by atoms with Crippen molar-refractivity contribution in [3.63, 3.8) is 0 Å². The van der Waals surface area contributed by atoms with Gasteiger partial charge in [-0.3, -0.25) is 14.9 Å². The number of carbonyl (C=O) groups excluding carboxylic acids is 3. The number of nitrogens with two attached hydrogens (primary N) is 1. The zero-order chi connectivity index (χ0) is 33.7. The molecule has 47 heavy (non-hydrogen) atoms. The first-order chi connectivity index (χ1) is 21.5. The maximum Gasteiger partial charge on any atom is 1.00 e. The molecule has 14 nitrogen and oxygen atoms in total. The molecular weight excluding hydrogens is 707 g/mol. The first-order valence-corrected chi connectivity index (χ1v) is 18.2. The summed E-state index contributed by atoms with van der Waals surface area (Å²) in [7, 11) is -9.73. The van der Waals surface area contributed by atoms with Crippen LogP contribution >= 0.6 is 0 Å². The van der Waals surface area contributed by atoms with E-state index in [1.165, 1.54) is 0 Å². The average Bonchev–Trinajstić information content (AvgIpc) is 3.43. The molecule has 4 aromatic carbocycles. The number of nitrogens with one attached hydrogen (secondary N) is 2. The monoisotopic (exact) mass is 730 g/mol. The van der Waals surface area contributed by atoms with Crippen LogP contribution < -0.4 is 72.5 Å². The molecule has 1 unspecified atom stereocenters. The molecule has 0 saturated heterocycles. The predicted molar refractivity (Wildman–Crippen MR) is 167 cm³/mol. The molecule has 2 aliphatic rings. The number of benzene rings is 4. The van der Waals surface area contributed by atoms with Gasteiger partial charge in [-0.1, -0.05) is 30.3 Å². The molecule has 4 aromatic rings. The van der Waals surface area contributed by atoms with Gasteiger partial charge in [0, 0.05) is 0 Å². The van der Waals surface area contributed by atoms with Gasteiger partial charge >= 0.3 is 266 Å². The van der Waals surface area contributed by atoms with E-state index in [2.05, 4.69) is 15.6 Å². The van der Waals surface area contributed by atoms with E-state index in [1.54, 1.807) is 6.07 Å². The van der Waals surface area contributed by atoms with Gasteiger partial charge < -0.3 is 0 Å². The number of hydrogen-bond donors (Lipinski definition) is 5. The zero-order valence-electron chi connectivity index (χ0n) is 25.3. The Morgan fingerprint density at radius 1 is 0.957 bits per heavy atom. The SMILES string of the molecule is CCCC(N)CNc1c(S(=O)(=O)O)c2c(c3[c]([K])cc(S(=O)(=O)O)cc13)C([O-])=NC2=O.O=C1NC(=O)c2c1ccc1ccccc21.[K+]. The molecule has 2 aliphatic heterocycles. The summed E-state index contributed by atoms with van der Waals surface area (Å²) >= 11 is -0.263. The van der Waals surface area contributed by atoms with Crippen LogP contribution in [-0.2, 0) is 20.2 Å². The molecule has 3 amide bonds. The van der Waals surface area contributed by atoms with Gasteiger partial charge in [0.2, 0.25) is 0 Å². The van der Waals surface area contributed by atoms with Crippen LogP contribution in [0, 0.1) is 0 Å². The minimum absolute atomic E-state index is 0. The summed E-state index contributed by atoms with van der Waals surface area (Å²) in [5.41, 5.74) is 5.78. The van der Waals surface area contributed by atoms with E-state index in [9.17, 15) is 45.4 Å². The Labute approximate surface area is 345 Å². The quantitative estimate of drug-likeness (QED) is 0.0763. The van der Waals surface area contributed by atoms with E-state index in [0.29, 0.717) is 17.2 Å². The fourth-order valence-corrected chi connectivity index (χ4v) is 8.72. The molecule has 6 rings (SSSR count). The van der Waals surface area contributed by atoms with E-state index in [-0.39, 0.29) is 141 Å². The van der Waals surface area contributed by atoms with Crippen LogP contribution in [0.3, 0.4) is 0 Å². The Hall–Kier alpha value is -1.47. The van der Waals surface area contributed by atoms with Crippen molar-refractivity contribution < 1.29 is 96.8 Å². The third kappa shape index (κ3) is 7.66. The van der Waals surface area contributed by atoms with Gasteiger partial charge in [0.1, 0.15) is 0 Å². The van der Waals surface area contributed by atoms with Crippen LogP contribution in [0.2, 0.25) is 0 Å². The van der Waals surface area contributed by atoms with Crippen molar-refractivity contribution in [1.29, 1.82) is 0 Å². The molecule has 6 N–H and O–H groups in total. The van der Waals surface area contributed by atoms with Gasteiger partial charge in [0.25, 0.3) is 11.8 Å². The first kappa shape index (κ1) is 38.3. The van der Waals surface area contributed by atoms with Crippen molar-refractivity contribution in [3.05, 3.63) is 70.8 Å². The maximum atomic E-state index is 12.4. The summed E-state index contributed by atoms with van der Waals surface area (Å²) in [5, 5.41) is 19.4. The van der Waals surface area contributed by atoms with Gasteiger partial charge in [0.15, 0.2) is 0 Å². The van der Waals surface area contributed by atoms with Gasteiger partial charge in [-0.05, 0) is 16.8 Å². The van der Waals surface area contributed by atoms with Crippen molar-refractivity contribution in [2.45, 2.75) is 35.6 Å². The Morgan fingerprint density at radius 3 is 2.28 bits per heavy atom. The first-order valence-electron chi connectivity index (χ1n) is 13.8. The molecule has 0 aromatic heterocycles. The summed E-state index contributed by atoms with van der Waals surface area (Å²) in [4.78, 5) is 37.2. The van der Waals surface area contributed by atoms with Crippen LogP contribution in [-0.4, -0.2) is 111 Å². The smallest absolute Gasteiger partial charge is 0.288 e.